The van der Waals surface area contributed by atoms with Crippen LogP contribution in [0.3, 0.4) is 0 Å². The van der Waals surface area contributed by atoms with Crippen LogP contribution in [0, 0.1) is 0 Å². The summed E-state index contributed by atoms with van der Waals surface area (Å²) in [6.45, 7) is 0. The molecule has 17 heteroatoms. The lowest BCUT2D eigenvalue weighted by molar-refractivity contribution is 0.0683. The van der Waals surface area contributed by atoms with Gasteiger partial charge in [-0.3, -0.25) is 4.98 Å². The number of carbonyl (C=O) groups is 2. The Morgan fingerprint density at radius 1 is 0.652 bits per heavy atom. The van der Waals surface area contributed by atoms with Crippen LogP contribution in [0.1, 0.15) is 20.7 Å². The fraction of sp³-hybridized carbons (Fsp3) is 0.138. The van der Waals surface area contributed by atoms with Crippen molar-refractivity contribution >= 4 is 46.0 Å². The van der Waals surface area contributed by atoms with Crippen molar-refractivity contribution in [2.45, 2.75) is 0 Å². The number of nitrogens with zero attached hydrogens (tertiary/aromatic N) is 5. The molecule has 5 aromatic rings. The minimum Gasteiger partial charge on any atom is -0.481 e. The van der Waals surface area contributed by atoms with E-state index < -0.39 is 11.9 Å². The minimum absolute atomic E-state index is 0.00540. The van der Waals surface area contributed by atoms with Gasteiger partial charge in [0.25, 0.3) is 0 Å². The standard InChI is InChI=1S/C19H18N4O8.C10H5Cl2NO2/c1-26-12-8-13(27-2)21-18(20-12)30-10-6-5-7-11(16(10)17(24)25)31-19-22-14(28-3)9-15(23-19)29-4;11-6-3-5-1-2-7(12)8(10(14)15)9(5)13-4-6/h5-9H,1-4H3,(H,24,25);1-4H,(H,14,15). The van der Waals surface area contributed by atoms with Crippen molar-refractivity contribution in [2.75, 3.05) is 28.4 Å². The molecule has 0 aliphatic rings. The van der Waals surface area contributed by atoms with Gasteiger partial charge in [0, 0.05) is 11.6 Å². The van der Waals surface area contributed by atoms with Crippen molar-refractivity contribution in [3.8, 4) is 47.0 Å². The third-order valence-corrected chi connectivity index (χ3v) is 6.26. The highest BCUT2D eigenvalue weighted by molar-refractivity contribution is 6.35. The van der Waals surface area contributed by atoms with Crippen molar-refractivity contribution in [3.63, 3.8) is 0 Å². The monoisotopic (exact) mass is 671 g/mol. The lowest BCUT2D eigenvalue weighted by Crippen LogP contribution is -2.06. The molecule has 0 saturated heterocycles. The number of pyridine rings is 1. The number of halogens is 2. The number of carboxylic acid groups (broad SMARTS) is 2. The molecule has 0 atom stereocenters. The Labute approximate surface area is 270 Å². The van der Waals surface area contributed by atoms with Crippen molar-refractivity contribution in [1.82, 2.24) is 24.9 Å². The zero-order valence-electron chi connectivity index (χ0n) is 24.3. The van der Waals surface area contributed by atoms with Crippen molar-refractivity contribution in [2.24, 2.45) is 0 Å². The molecule has 0 bridgehead atoms. The quantitative estimate of drug-likeness (QED) is 0.180. The predicted molar refractivity (Wildman–Crippen MR) is 163 cm³/mol. The Morgan fingerprint density at radius 2 is 1.11 bits per heavy atom. The van der Waals surface area contributed by atoms with Crippen LogP contribution in [0.15, 0.2) is 54.7 Å². The fourth-order valence-electron chi connectivity index (χ4n) is 3.72. The van der Waals surface area contributed by atoms with E-state index in [0.29, 0.717) is 15.9 Å². The van der Waals surface area contributed by atoms with Crippen LogP contribution in [0.2, 0.25) is 10.0 Å². The number of carboxylic acids is 2. The van der Waals surface area contributed by atoms with E-state index >= 15 is 0 Å². The number of rotatable bonds is 10. The zero-order valence-corrected chi connectivity index (χ0v) is 25.9. The number of methoxy groups -OCH3 is 4. The summed E-state index contributed by atoms with van der Waals surface area (Å²) in [5.41, 5.74) is 0.0449. The second-order valence-corrected chi connectivity index (χ2v) is 9.41. The minimum atomic E-state index is -1.32. The van der Waals surface area contributed by atoms with Gasteiger partial charge in [0.1, 0.15) is 22.6 Å². The van der Waals surface area contributed by atoms with Gasteiger partial charge >= 0.3 is 24.0 Å². The van der Waals surface area contributed by atoms with Crippen LogP contribution in [-0.4, -0.2) is 75.5 Å². The zero-order chi connectivity index (χ0) is 33.4. The highest BCUT2D eigenvalue weighted by Crippen LogP contribution is 2.35. The van der Waals surface area contributed by atoms with E-state index in [2.05, 4.69) is 24.9 Å². The lowest BCUT2D eigenvalue weighted by atomic mass is 10.1. The molecule has 0 unspecified atom stereocenters. The Balaban J connectivity index is 0.000000266. The van der Waals surface area contributed by atoms with Crippen LogP contribution in [0.5, 0.6) is 47.0 Å². The normalized spacial score (nSPS) is 10.3. The highest BCUT2D eigenvalue weighted by atomic mass is 35.5. The maximum atomic E-state index is 12.0. The van der Waals surface area contributed by atoms with Crippen molar-refractivity contribution in [1.29, 1.82) is 0 Å². The van der Waals surface area contributed by atoms with Gasteiger partial charge in [-0.2, -0.15) is 19.9 Å². The highest BCUT2D eigenvalue weighted by Gasteiger charge is 2.22. The molecule has 46 heavy (non-hydrogen) atoms. The van der Waals surface area contributed by atoms with Crippen LogP contribution < -0.4 is 28.4 Å². The SMILES string of the molecule is COc1cc(OC)nc(Oc2cccc(Oc3nc(OC)cc(OC)n3)c2C(=O)O)n1.O=C(O)c1c(Cl)ccc2cc(Cl)cnc12. The largest absolute Gasteiger partial charge is 0.481 e. The number of aromatic nitrogens is 5. The van der Waals surface area contributed by atoms with Crippen LogP contribution in [0.25, 0.3) is 10.9 Å². The molecule has 2 N–H and O–H groups in total. The average molecular weight is 672 g/mol. The second-order valence-electron chi connectivity index (χ2n) is 8.56. The Hall–Kier alpha value is -5.67. The van der Waals surface area contributed by atoms with Gasteiger partial charge in [-0.1, -0.05) is 35.3 Å². The van der Waals surface area contributed by atoms with Gasteiger partial charge in [-0.25, -0.2) is 9.59 Å². The molecule has 0 aliphatic carbocycles. The first-order valence-electron chi connectivity index (χ1n) is 12.7. The van der Waals surface area contributed by atoms with Gasteiger partial charge in [0.2, 0.25) is 23.5 Å². The number of aromatic carboxylic acids is 2. The number of fused-ring (bicyclic) bond motifs is 1. The molecular weight excluding hydrogens is 649 g/mol. The summed E-state index contributed by atoms with van der Waals surface area (Å²) in [6.07, 6.45) is 1.40. The molecule has 238 valence electrons. The molecule has 0 radical (unpaired) electrons. The Bertz CT molecular complexity index is 1790. The first-order valence-corrected chi connectivity index (χ1v) is 13.5. The van der Waals surface area contributed by atoms with Crippen molar-refractivity contribution in [3.05, 3.63) is 75.9 Å². The van der Waals surface area contributed by atoms with E-state index in [1.54, 1.807) is 12.1 Å². The van der Waals surface area contributed by atoms with Gasteiger partial charge in [-0.05, 0) is 24.3 Å². The topological polar surface area (TPSA) is 194 Å². The second kappa shape index (κ2) is 14.9. The maximum Gasteiger partial charge on any atom is 0.343 e. The lowest BCUT2D eigenvalue weighted by Gasteiger charge is -2.13. The molecular formula is C29H23Cl2N5O10. The van der Waals surface area contributed by atoms with Gasteiger partial charge < -0.3 is 38.6 Å². The number of hydrogen-bond acceptors (Lipinski definition) is 13. The third-order valence-electron chi connectivity index (χ3n) is 5.74. The van der Waals surface area contributed by atoms with Gasteiger partial charge in [0.15, 0.2) is 0 Å². The molecule has 0 saturated carbocycles. The van der Waals surface area contributed by atoms with E-state index in [0.717, 1.165) is 0 Å². The average Bonchev–Trinajstić information content (AvgIpc) is 3.04. The summed E-state index contributed by atoms with van der Waals surface area (Å²) in [5.74, 6) is -1.92. The first-order chi connectivity index (χ1) is 22.1. The molecule has 0 amide bonds. The molecule has 3 aromatic heterocycles. The van der Waals surface area contributed by atoms with Gasteiger partial charge in [0.05, 0.1) is 56.1 Å². The summed E-state index contributed by atoms with van der Waals surface area (Å²) in [6, 6.07) is 11.7. The molecule has 0 fully saturated rings. The molecule has 3 heterocycles. The van der Waals surface area contributed by atoms with E-state index in [-0.39, 0.29) is 63.2 Å². The Kier molecular flexibility index (Phi) is 10.7. The van der Waals surface area contributed by atoms with E-state index in [1.165, 1.54) is 71.0 Å². The van der Waals surface area contributed by atoms with E-state index in [1.807, 2.05) is 0 Å². The van der Waals surface area contributed by atoms with Crippen LogP contribution in [0.4, 0.5) is 0 Å². The Morgan fingerprint density at radius 3 is 1.52 bits per heavy atom. The number of ether oxygens (including phenoxy) is 6. The summed E-state index contributed by atoms with van der Waals surface area (Å²) < 4.78 is 31.4. The summed E-state index contributed by atoms with van der Waals surface area (Å²) in [4.78, 5) is 43.0. The van der Waals surface area contributed by atoms with Crippen molar-refractivity contribution < 1.29 is 48.2 Å². The molecule has 0 spiro atoms. The summed E-state index contributed by atoms with van der Waals surface area (Å²) in [5, 5.41) is 20.0. The molecule has 2 aromatic carbocycles. The first kappa shape index (κ1) is 33.2. The fourth-order valence-corrected chi connectivity index (χ4v) is 4.12. The maximum absolute atomic E-state index is 12.0. The van der Waals surface area contributed by atoms with Crippen LogP contribution in [-0.2, 0) is 0 Å². The number of benzene rings is 2. The number of hydrogen-bond donors (Lipinski definition) is 2. The van der Waals surface area contributed by atoms with E-state index in [4.69, 9.17) is 56.7 Å². The summed E-state index contributed by atoms with van der Waals surface area (Å²) in [7, 11) is 5.63. The third kappa shape index (κ3) is 7.88. The van der Waals surface area contributed by atoms with E-state index in [9.17, 15) is 14.7 Å². The summed E-state index contributed by atoms with van der Waals surface area (Å²) >= 11 is 11.5. The smallest absolute Gasteiger partial charge is 0.343 e. The molecule has 5 rings (SSSR count). The van der Waals surface area contributed by atoms with Gasteiger partial charge in [-0.15, -0.1) is 0 Å². The molecule has 15 nitrogen and oxygen atoms in total. The predicted octanol–water partition coefficient (Wildman–Crippen LogP) is 5.82. The molecule has 0 aliphatic heterocycles. The van der Waals surface area contributed by atoms with Crippen LogP contribution >= 0.6 is 23.2 Å².